The molecule has 0 spiro atoms. The van der Waals surface area contributed by atoms with Crippen molar-refractivity contribution in [1.82, 2.24) is 4.98 Å². The van der Waals surface area contributed by atoms with Crippen molar-refractivity contribution in [2.75, 3.05) is 19.5 Å². The van der Waals surface area contributed by atoms with Gasteiger partial charge in [-0.25, -0.2) is 27.3 Å². The number of nitrogens with one attached hydrogen (secondary N) is 1. The Hall–Kier alpha value is -4.29. The lowest BCUT2D eigenvalue weighted by Crippen LogP contribution is -2.19. The zero-order chi connectivity index (χ0) is 26.0. The second-order valence-electron chi connectivity index (χ2n) is 7.39. The summed E-state index contributed by atoms with van der Waals surface area (Å²) in [6.45, 7) is 0. The van der Waals surface area contributed by atoms with Crippen LogP contribution in [0.5, 0.6) is 23.1 Å². The van der Waals surface area contributed by atoms with Gasteiger partial charge in [0.25, 0.3) is 5.91 Å². The number of hydrogen-bond donors (Lipinski definition) is 2. The number of nitrogens with zero attached hydrogens (tertiary/aromatic N) is 1. The molecule has 12 heteroatoms. The van der Waals surface area contributed by atoms with Crippen LogP contribution in [0.1, 0.15) is 10.4 Å². The SMILES string of the molecule is COc1ccc(Oc2nc3ccccc3cc2C(=O)Nc2ccc(OC)c(S(N)(=O)=O)c2F)c(F)c1. The van der Waals surface area contributed by atoms with E-state index in [9.17, 15) is 17.6 Å². The largest absolute Gasteiger partial charge is 0.497 e. The fraction of sp³-hybridized carbons (Fsp3) is 0.0833. The zero-order valence-electron chi connectivity index (χ0n) is 18.9. The number of benzene rings is 3. The standard InChI is InChI=1S/C24H19F2N3O6S/c1-33-14-7-9-19(16(25)12-14)35-24-15(11-13-5-3-4-6-17(13)29-24)23(30)28-18-8-10-20(34-2)22(21(18)26)36(27,31)32/h3-12H,1-2H3,(H,28,30)(H2,27,31,32). The molecular formula is C24H19F2N3O6S. The van der Waals surface area contributed by atoms with Gasteiger partial charge in [0.15, 0.2) is 22.3 Å². The molecule has 3 aromatic carbocycles. The highest BCUT2D eigenvalue weighted by Gasteiger charge is 2.26. The molecule has 0 atom stereocenters. The summed E-state index contributed by atoms with van der Waals surface area (Å²) in [5, 5.41) is 7.95. The number of hydrogen-bond acceptors (Lipinski definition) is 7. The number of para-hydroxylation sites is 1. The Balaban J connectivity index is 1.78. The van der Waals surface area contributed by atoms with E-state index >= 15 is 4.39 Å². The third-order valence-corrected chi connectivity index (χ3v) is 6.04. The van der Waals surface area contributed by atoms with Crippen LogP contribution in [-0.2, 0) is 10.0 Å². The van der Waals surface area contributed by atoms with Crippen molar-refractivity contribution in [3.05, 3.63) is 77.9 Å². The molecule has 9 nitrogen and oxygen atoms in total. The molecule has 4 aromatic rings. The number of sulfonamides is 1. The number of nitrogens with two attached hydrogens (primary N) is 1. The zero-order valence-corrected chi connectivity index (χ0v) is 19.7. The fourth-order valence-electron chi connectivity index (χ4n) is 3.38. The molecule has 0 aliphatic rings. The van der Waals surface area contributed by atoms with Crippen molar-refractivity contribution in [3.8, 4) is 23.1 Å². The molecule has 186 valence electrons. The Bertz CT molecular complexity index is 1590. The third kappa shape index (κ3) is 4.90. The van der Waals surface area contributed by atoms with Crippen molar-refractivity contribution >= 4 is 32.5 Å². The van der Waals surface area contributed by atoms with E-state index in [1.165, 1.54) is 25.3 Å². The van der Waals surface area contributed by atoms with E-state index < -0.39 is 38.1 Å². The topological polar surface area (TPSA) is 130 Å². The van der Waals surface area contributed by atoms with Gasteiger partial charge >= 0.3 is 0 Å². The van der Waals surface area contributed by atoms with Crippen molar-refractivity contribution in [3.63, 3.8) is 0 Å². The van der Waals surface area contributed by atoms with Gasteiger partial charge in [0.1, 0.15) is 17.1 Å². The number of fused-ring (bicyclic) bond motifs is 1. The average molecular weight is 515 g/mol. The first kappa shape index (κ1) is 24.8. The Labute approximate surface area is 204 Å². The number of anilines is 1. The highest BCUT2D eigenvalue weighted by Crippen LogP contribution is 2.33. The lowest BCUT2D eigenvalue weighted by Gasteiger charge is -2.15. The van der Waals surface area contributed by atoms with Crippen LogP contribution < -0.4 is 24.7 Å². The summed E-state index contributed by atoms with van der Waals surface area (Å²) in [5.41, 5.74) is -0.207. The van der Waals surface area contributed by atoms with E-state index in [0.29, 0.717) is 10.9 Å². The van der Waals surface area contributed by atoms with Gasteiger partial charge in [0.2, 0.25) is 15.9 Å². The highest BCUT2D eigenvalue weighted by atomic mass is 32.2. The summed E-state index contributed by atoms with van der Waals surface area (Å²) < 4.78 is 68.8. The number of ether oxygens (including phenoxy) is 3. The number of rotatable bonds is 7. The van der Waals surface area contributed by atoms with E-state index in [1.807, 2.05) is 0 Å². The van der Waals surface area contributed by atoms with Gasteiger partial charge in [-0.15, -0.1) is 0 Å². The van der Waals surface area contributed by atoms with E-state index in [1.54, 1.807) is 24.3 Å². The summed E-state index contributed by atoms with van der Waals surface area (Å²) in [4.78, 5) is 16.6. The van der Waals surface area contributed by atoms with Crippen LogP contribution in [0.25, 0.3) is 10.9 Å². The van der Waals surface area contributed by atoms with E-state index in [2.05, 4.69) is 10.3 Å². The number of aromatic nitrogens is 1. The molecule has 0 aliphatic carbocycles. The predicted octanol–water partition coefficient (Wildman–Crippen LogP) is 4.22. The van der Waals surface area contributed by atoms with Gasteiger partial charge in [-0.05, 0) is 36.4 Å². The smallest absolute Gasteiger partial charge is 0.261 e. The number of carbonyl (C=O) groups excluding carboxylic acids is 1. The number of methoxy groups -OCH3 is 2. The second-order valence-corrected chi connectivity index (χ2v) is 8.89. The minimum Gasteiger partial charge on any atom is -0.497 e. The normalized spacial score (nSPS) is 11.2. The van der Waals surface area contributed by atoms with Crippen LogP contribution >= 0.6 is 0 Å². The molecule has 36 heavy (non-hydrogen) atoms. The van der Waals surface area contributed by atoms with Gasteiger partial charge in [-0.1, -0.05) is 18.2 Å². The first-order valence-corrected chi connectivity index (χ1v) is 11.8. The molecule has 1 aromatic heterocycles. The number of carbonyl (C=O) groups is 1. The quantitative estimate of drug-likeness (QED) is 0.377. The lowest BCUT2D eigenvalue weighted by molar-refractivity contribution is 0.102. The highest BCUT2D eigenvalue weighted by molar-refractivity contribution is 7.89. The van der Waals surface area contributed by atoms with Crippen LogP contribution in [-0.4, -0.2) is 33.5 Å². The number of halogens is 2. The van der Waals surface area contributed by atoms with Crippen molar-refractivity contribution < 1.29 is 36.2 Å². The molecule has 0 fully saturated rings. The molecule has 1 amide bonds. The molecule has 3 N–H and O–H groups in total. The fourth-order valence-corrected chi connectivity index (χ4v) is 4.18. The summed E-state index contributed by atoms with van der Waals surface area (Å²) in [6, 6.07) is 14.3. The van der Waals surface area contributed by atoms with Crippen molar-refractivity contribution in [2.24, 2.45) is 5.14 Å². The van der Waals surface area contributed by atoms with Crippen molar-refractivity contribution in [2.45, 2.75) is 4.90 Å². The van der Waals surface area contributed by atoms with E-state index in [0.717, 1.165) is 25.3 Å². The van der Waals surface area contributed by atoms with Gasteiger partial charge < -0.3 is 19.5 Å². The van der Waals surface area contributed by atoms with E-state index in [4.69, 9.17) is 19.3 Å². The Kier molecular flexibility index (Phi) is 6.73. The van der Waals surface area contributed by atoms with Crippen molar-refractivity contribution in [1.29, 1.82) is 0 Å². The summed E-state index contributed by atoms with van der Waals surface area (Å²) in [5.74, 6) is -3.57. The maximum absolute atomic E-state index is 15.1. The summed E-state index contributed by atoms with van der Waals surface area (Å²) >= 11 is 0. The lowest BCUT2D eigenvalue weighted by atomic mass is 10.1. The van der Waals surface area contributed by atoms with Gasteiger partial charge in [-0.3, -0.25) is 4.79 Å². The monoisotopic (exact) mass is 515 g/mol. The molecule has 0 radical (unpaired) electrons. The Morgan fingerprint density at radius 2 is 1.69 bits per heavy atom. The van der Waals surface area contributed by atoms with Crippen LogP contribution in [0.15, 0.2) is 65.6 Å². The molecule has 4 rings (SSSR count). The van der Waals surface area contributed by atoms with Crippen LogP contribution in [0.2, 0.25) is 0 Å². The summed E-state index contributed by atoms with van der Waals surface area (Å²) in [7, 11) is -2.01. The predicted molar refractivity (Wildman–Crippen MR) is 127 cm³/mol. The first-order chi connectivity index (χ1) is 17.1. The molecule has 0 aliphatic heterocycles. The number of primary sulfonamides is 1. The molecule has 1 heterocycles. The number of pyridine rings is 1. The van der Waals surface area contributed by atoms with Crippen LogP contribution in [0, 0.1) is 11.6 Å². The van der Waals surface area contributed by atoms with Crippen LogP contribution in [0.3, 0.4) is 0 Å². The third-order valence-electron chi connectivity index (χ3n) is 5.09. The molecule has 0 saturated carbocycles. The van der Waals surface area contributed by atoms with Crippen LogP contribution in [0.4, 0.5) is 14.5 Å². The minimum atomic E-state index is -4.53. The molecule has 0 saturated heterocycles. The average Bonchev–Trinajstić information content (AvgIpc) is 2.84. The van der Waals surface area contributed by atoms with Gasteiger partial charge in [0.05, 0.1) is 25.4 Å². The Morgan fingerprint density at radius 1 is 0.972 bits per heavy atom. The first-order valence-electron chi connectivity index (χ1n) is 10.2. The minimum absolute atomic E-state index is 0.170. The molecule has 0 unspecified atom stereocenters. The molecular weight excluding hydrogens is 496 g/mol. The molecule has 0 bridgehead atoms. The maximum Gasteiger partial charge on any atom is 0.261 e. The van der Waals surface area contributed by atoms with Gasteiger partial charge in [-0.2, -0.15) is 0 Å². The van der Waals surface area contributed by atoms with E-state index in [-0.39, 0.29) is 28.7 Å². The Morgan fingerprint density at radius 3 is 2.36 bits per heavy atom. The maximum atomic E-state index is 15.1. The summed E-state index contributed by atoms with van der Waals surface area (Å²) in [6.07, 6.45) is 0. The second kappa shape index (κ2) is 9.76. The number of amides is 1. The van der Waals surface area contributed by atoms with Gasteiger partial charge in [0, 0.05) is 11.5 Å².